The van der Waals surface area contributed by atoms with E-state index >= 15 is 0 Å². The molecule has 1 aromatic carbocycles. The highest BCUT2D eigenvalue weighted by Crippen LogP contribution is 2.54. The first-order valence-corrected chi connectivity index (χ1v) is 8.16. The zero-order valence-electron chi connectivity index (χ0n) is 13.6. The smallest absolute Gasteiger partial charge is 0.0672 e. The third-order valence-electron chi connectivity index (χ3n) is 5.48. The van der Waals surface area contributed by atoms with Gasteiger partial charge in [0.25, 0.3) is 0 Å². The topological polar surface area (TPSA) is 3.24 Å². The third-order valence-corrected chi connectivity index (χ3v) is 5.48. The van der Waals surface area contributed by atoms with E-state index < -0.39 is 0 Å². The van der Waals surface area contributed by atoms with E-state index in [9.17, 15) is 0 Å². The summed E-state index contributed by atoms with van der Waals surface area (Å²) in [7, 11) is 0. The molecule has 4 rings (SSSR count). The zero-order valence-corrected chi connectivity index (χ0v) is 13.6. The van der Waals surface area contributed by atoms with E-state index in [0.29, 0.717) is 5.92 Å². The fourth-order valence-electron chi connectivity index (χ4n) is 4.43. The van der Waals surface area contributed by atoms with Gasteiger partial charge in [0.1, 0.15) is 0 Å². The molecular weight excluding hydrogens is 266 g/mol. The minimum Gasteiger partial charge on any atom is -0.352 e. The molecule has 1 aliphatic heterocycles. The Hall–Kier alpha value is -2.02. The molecule has 0 bridgehead atoms. The van der Waals surface area contributed by atoms with E-state index in [1.165, 1.54) is 16.8 Å². The number of allylic oxidation sites excluding steroid dienone is 4. The maximum atomic E-state index is 2.64. The third kappa shape index (κ3) is 1.71. The number of benzene rings is 1. The summed E-state index contributed by atoms with van der Waals surface area (Å²) in [5.74, 6) is 0.435. The minimum atomic E-state index is 0.00741. The van der Waals surface area contributed by atoms with Crippen molar-refractivity contribution in [1.29, 1.82) is 0 Å². The molecule has 0 saturated carbocycles. The van der Waals surface area contributed by atoms with Crippen LogP contribution in [0.5, 0.6) is 0 Å². The van der Waals surface area contributed by atoms with E-state index in [2.05, 4.69) is 92.5 Å². The average molecular weight is 289 g/mol. The Morgan fingerprint density at radius 2 is 1.91 bits per heavy atom. The fraction of sp³-hybridized carbons (Fsp3) is 0.333. The van der Waals surface area contributed by atoms with Gasteiger partial charge >= 0.3 is 0 Å². The lowest BCUT2D eigenvalue weighted by Gasteiger charge is -2.50. The van der Waals surface area contributed by atoms with Crippen LogP contribution in [0.4, 0.5) is 5.69 Å². The summed E-state index contributed by atoms with van der Waals surface area (Å²) in [5, 5.41) is 0. The van der Waals surface area contributed by atoms with Crippen molar-refractivity contribution < 1.29 is 0 Å². The second kappa shape index (κ2) is 4.49. The number of hydrogen-bond acceptors (Lipinski definition) is 1. The summed E-state index contributed by atoms with van der Waals surface area (Å²) in [6.45, 7) is 6.94. The Morgan fingerprint density at radius 3 is 2.68 bits per heavy atom. The van der Waals surface area contributed by atoms with Crippen LogP contribution in [-0.2, 0) is 0 Å². The summed E-state index contributed by atoms with van der Waals surface area (Å²) in [6, 6.07) is 8.92. The van der Waals surface area contributed by atoms with Crippen LogP contribution in [0.2, 0.25) is 0 Å². The second-order valence-corrected chi connectivity index (χ2v) is 7.19. The summed E-state index contributed by atoms with van der Waals surface area (Å²) in [5.41, 5.74) is 4.24. The predicted molar refractivity (Wildman–Crippen MR) is 94.3 cm³/mol. The molecule has 1 aromatic rings. The van der Waals surface area contributed by atoms with Crippen LogP contribution in [0, 0.1) is 0 Å². The molecule has 0 fully saturated rings. The quantitative estimate of drug-likeness (QED) is 0.692. The van der Waals surface area contributed by atoms with Crippen molar-refractivity contribution in [3.8, 4) is 0 Å². The van der Waals surface area contributed by atoms with Crippen molar-refractivity contribution >= 4 is 5.69 Å². The van der Waals surface area contributed by atoms with Crippen LogP contribution >= 0.6 is 0 Å². The van der Waals surface area contributed by atoms with Gasteiger partial charge in [-0.15, -0.1) is 0 Å². The van der Waals surface area contributed by atoms with E-state index in [1.54, 1.807) is 0 Å². The predicted octanol–water partition coefficient (Wildman–Crippen LogP) is 5.14. The van der Waals surface area contributed by atoms with Crippen molar-refractivity contribution in [1.82, 2.24) is 0 Å². The van der Waals surface area contributed by atoms with E-state index in [-0.39, 0.29) is 11.1 Å². The first kappa shape index (κ1) is 13.6. The molecular formula is C21H23N. The van der Waals surface area contributed by atoms with Gasteiger partial charge in [0.05, 0.1) is 11.1 Å². The molecule has 0 saturated heterocycles. The normalized spacial score (nSPS) is 35.3. The van der Waals surface area contributed by atoms with Gasteiger partial charge in [-0.3, -0.25) is 0 Å². The van der Waals surface area contributed by atoms with Crippen LogP contribution in [0.25, 0.3) is 0 Å². The summed E-state index contributed by atoms with van der Waals surface area (Å²) < 4.78 is 0. The zero-order chi connectivity index (χ0) is 15.4. The molecule has 1 nitrogen and oxygen atoms in total. The molecule has 2 aliphatic carbocycles. The van der Waals surface area contributed by atoms with E-state index in [4.69, 9.17) is 0 Å². The monoisotopic (exact) mass is 289 g/mol. The number of anilines is 1. The number of para-hydroxylation sites is 1. The van der Waals surface area contributed by atoms with Crippen molar-refractivity contribution in [2.75, 3.05) is 4.90 Å². The average Bonchev–Trinajstić information content (AvgIpc) is 2.77. The summed E-state index contributed by atoms with van der Waals surface area (Å²) in [6.07, 6.45) is 17.2. The van der Waals surface area contributed by atoms with Gasteiger partial charge in [-0.2, -0.15) is 0 Å². The molecule has 0 spiro atoms. The lowest BCUT2D eigenvalue weighted by molar-refractivity contribution is 0.394. The Bertz CT molecular complexity index is 736. The molecule has 1 heteroatoms. The Kier molecular flexibility index (Phi) is 2.78. The standard InChI is InChI=1S/C21H23N/c1-16-11-14-21(3)18(15-16)17-9-5-6-10-19(17)22(21)20(2)12-7-4-8-13-20/h4-12,14-15,18H,13H2,1-3H3/t18?,20-,21?/m1/s1. The van der Waals surface area contributed by atoms with Crippen molar-refractivity contribution in [2.24, 2.45) is 0 Å². The highest BCUT2D eigenvalue weighted by atomic mass is 15.3. The van der Waals surface area contributed by atoms with Crippen LogP contribution in [-0.4, -0.2) is 11.1 Å². The Balaban J connectivity index is 1.93. The highest BCUT2D eigenvalue weighted by Gasteiger charge is 2.51. The Morgan fingerprint density at radius 1 is 1.09 bits per heavy atom. The number of fused-ring (bicyclic) bond motifs is 3. The highest BCUT2D eigenvalue weighted by molar-refractivity contribution is 5.71. The molecule has 3 aliphatic rings. The van der Waals surface area contributed by atoms with Crippen LogP contribution in [0.3, 0.4) is 0 Å². The molecule has 0 radical (unpaired) electrons. The first-order valence-electron chi connectivity index (χ1n) is 8.16. The molecule has 112 valence electrons. The molecule has 0 N–H and O–H groups in total. The van der Waals surface area contributed by atoms with Gasteiger partial charge in [-0.05, 0) is 38.8 Å². The van der Waals surface area contributed by atoms with Crippen LogP contribution < -0.4 is 4.90 Å². The second-order valence-electron chi connectivity index (χ2n) is 7.19. The number of hydrogen-bond donors (Lipinski definition) is 0. The summed E-state index contributed by atoms with van der Waals surface area (Å²) >= 11 is 0. The van der Waals surface area contributed by atoms with E-state index in [1.807, 2.05) is 0 Å². The molecule has 1 heterocycles. The molecule has 2 unspecified atom stereocenters. The molecule has 0 amide bonds. The summed E-state index contributed by atoms with van der Waals surface area (Å²) in [4.78, 5) is 2.64. The Labute approximate surface area is 133 Å². The lowest BCUT2D eigenvalue weighted by atomic mass is 9.77. The largest absolute Gasteiger partial charge is 0.352 e. The number of nitrogens with zero attached hydrogens (tertiary/aromatic N) is 1. The van der Waals surface area contributed by atoms with Crippen molar-refractivity contribution in [2.45, 2.75) is 44.2 Å². The van der Waals surface area contributed by atoms with Gasteiger partial charge < -0.3 is 4.90 Å². The fourth-order valence-corrected chi connectivity index (χ4v) is 4.43. The maximum Gasteiger partial charge on any atom is 0.0672 e. The van der Waals surface area contributed by atoms with Crippen LogP contribution in [0.15, 0.2) is 72.4 Å². The maximum absolute atomic E-state index is 2.64. The number of rotatable bonds is 1. The van der Waals surface area contributed by atoms with Gasteiger partial charge in [0.15, 0.2) is 0 Å². The van der Waals surface area contributed by atoms with Crippen LogP contribution in [0.1, 0.15) is 38.7 Å². The van der Waals surface area contributed by atoms with E-state index in [0.717, 1.165) is 6.42 Å². The van der Waals surface area contributed by atoms with Gasteiger partial charge in [0, 0.05) is 11.6 Å². The van der Waals surface area contributed by atoms with Gasteiger partial charge in [-0.1, -0.05) is 66.3 Å². The lowest BCUT2D eigenvalue weighted by Crippen LogP contribution is -2.56. The SMILES string of the molecule is CC1=CC2c3ccccc3N([C@]3(C)C=CC=CC3)C2(C)C=C1. The van der Waals surface area contributed by atoms with Gasteiger partial charge in [0.2, 0.25) is 0 Å². The van der Waals surface area contributed by atoms with Crippen molar-refractivity contribution in [3.63, 3.8) is 0 Å². The molecule has 0 aromatic heterocycles. The molecule has 3 atom stereocenters. The van der Waals surface area contributed by atoms with Crippen molar-refractivity contribution in [3.05, 3.63) is 77.9 Å². The minimum absolute atomic E-state index is 0.00741. The molecule has 22 heavy (non-hydrogen) atoms. The first-order chi connectivity index (χ1) is 10.5. The van der Waals surface area contributed by atoms with Gasteiger partial charge in [-0.25, -0.2) is 0 Å².